The van der Waals surface area contributed by atoms with E-state index in [0.717, 1.165) is 35.6 Å². The lowest BCUT2D eigenvalue weighted by Crippen LogP contribution is -2.29. The molecular formula is C22H21N3O2S. The number of aromatic nitrogens is 1. The van der Waals surface area contributed by atoms with Gasteiger partial charge in [0.15, 0.2) is 0 Å². The normalized spacial score (nSPS) is 15.2. The minimum absolute atomic E-state index is 0.347. The van der Waals surface area contributed by atoms with Gasteiger partial charge in [-0.1, -0.05) is 49.6 Å². The number of rotatable bonds is 4. The van der Waals surface area contributed by atoms with Gasteiger partial charge in [0.25, 0.3) is 0 Å². The monoisotopic (exact) mass is 391 g/mol. The first kappa shape index (κ1) is 18.5. The second-order valence-electron chi connectivity index (χ2n) is 7.15. The molecular weight excluding hydrogens is 370 g/mol. The van der Waals surface area contributed by atoms with Crippen molar-refractivity contribution in [1.29, 1.82) is 5.26 Å². The Balaban J connectivity index is 1.79. The molecule has 3 aromatic rings. The Labute approximate surface area is 165 Å². The molecule has 2 aromatic carbocycles. The molecule has 5 nitrogen and oxygen atoms in total. The van der Waals surface area contributed by atoms with Crippen LogP contribution in [0.2, 0.25) is 0 Å². The van der Waals surface area contributed by atoms with Crippen LogP contribution in [0.15, 0.2) is 54.9 Å². The number of nitrogens with zero attached hydrogens (tertiary/aromatic N) is 2. The van der Waals surface area contributed by atoms with Gasteiger partial charge >= 0.3 is 0 Å². The molecule has 1 N–H and O–H groups in total. The number of hydrogen-bond donors (Lipinski definition) is 1. The second-order valence-corrected chi connectivity index (χ2v) is 9.11. The number of nitriles is 1. The van der Waals surface area contributed by atoms with Crippen LogP contribution in [0.4, 0.5) is 5.69 Å². The van der Waals surface area contributed by atoms with Crippen molar-refractivity contribution in [1.82, 2.24) is 4.98 Å². The summed E-state index contributed by atoms with van der Waals surface area (Å²) in [6.07, 6.45) is 7.68. The first-order chi connectivity index (χ1) is 13.6. The molecule has 1 fully saturated rings. The van der Waals surface area contributed by atoms with E-state index in [4.69, 9.17) is 0 Å². The SMILES string of the molecule is N#Cc1ccc(-c2cnccc2NS(=O)(=O)C2CCCCC2)c2ccccc12. The van der Waals surface area contributed by atoms with E-state index in [0.29, 0.717) is 29.7 Å². The first-order valence-corrected chi connectivity index (χ1v) is 11.0. The number of anilines is 1. The summed E-state index contributed by atoms with van der Waals surface area (Å²) in [7, 11) is -3.46. The van der Waals surface area contributed by atoms with E-state index < -0.39 is 10.0 Å². The van der Waals surface area contributed by atoms with Crippen molar-refractivity contribution in [2.45, 2.75) is 37.4 Å². The van der Waals surface area contributed by atoms with Crippen LogP contribution in [-0.2, 0) is 10.0 Å². The number of hydrogen-bond acceptors (Lipinski definition) is 4. The number of sulfonamides is 1. The average Bonchev–Trinajstić information content (AvgIpc) is 2.74. The van der Waals surface area contributed by atoms with Crippen LogP contribution in [0.1, 0.15) is 37.7 Å². The molecule has 6 heteroatoms. The number of fused-ring (bicyclic) bond motifs is 1. The summed E-state index contributed by atoms with van der Waals surface area (Å²) in [5.41, 5.74) is 2.68. The van der Waals surface area contributed by atoms with Crippen LogP contribution in [0, 0.1) is 11.3 Å². The minimum atomic E-state index is -3.46. The minimum Gasteiger partial charge on any atom is -0.283 e. The van der Waals surface area contributed by atoms with Gasteiger partial charge in [-0.25, -0.2) is 8.42 Å². The molecule has 4 rings (SSSR count). The van der Waals surface area contributed by atoms with E-state index in [2.05, 4.69) is 15.8 Å². The van der Waals surface area contributed by atoms with Crippen LogP contribution in [0.5, 0.6) is 0 Å². The van der Waals surface area contributed by atoms with E-state index in [-0.39, 0.29) is 5.25 Å². The van der Waals surface area contributed by atoms with Crippen molar-refractivity contribution in [2.75, 3.05) is 4.72 Å². The molecule has 28 heavy (non-hydrogen) atoms. The Kier molecular flexibility index (Phi) is 5.01. The standard InChI is InChI=1S/C22H21N3O2S/c23-14-16-10-11-20(19-9-5-4-8-18(16)19)21-15-24-13-12-22(21)25-28(26,27)17-6-2-1-3-7-17/h4-5,8-13,15,17H,1-3,6-7H2,(H,24,25). The molecule has 0 aliphatic heterocycles. The highest BCUT2D eigenvalue weighted by Crippen LogP contribution is 2.35. The molecule has 1 aliphatic carbocycles. The Morgan fingerprint density at radius 2 is 1.71 bits per heavy atom. The van der Waals surface area contributed by atoms with Gasteiger partial charge in [-0.3, -0.25) is 9.71 Å². The third-order valence-electron chi connectivity index (χ3n) is 5.40. The predicted molar refractivity (Wildman–Crippen MR) is 111 cm³/mol. The van der Waals surface area contributed by atoms with Gasteiger partial charge in [-0.05, 0) is 35.9 Å². The molecule has 0 atom stereocenters. The van der Waals surface area contributed by atoms with Crippen LogP contribution >= 0.6 is 0 Å². The van der Waals surface area contributed by atoms with Crippen molar-refractivity contribution in [3.05, 3.63) is 60.4 Å². The van der Waals surface area contributed by atoms with Gasteiger partial charge in [0.1, 0.15) is 0 Å². The van der Waals surface area contributed by atoms with Gasteiger partial charge in [-0.2, -0.15) is 5.26 Å². The van der Waals surface area contributed by atoms with Crippen molar-refractivity contribution in [3.63, 3.8) is 0 Å². The van der Waals surface area contributed by atoms with Crippen molar-refractivity contribution < 1.29 is 8.42 Å². The molecule has 1 heterocycles. The third-order valence-corrected chi connectivity index (χ3v) is 7.25. The van der Waals surface area contributed by atoms with Gasteiger partial charge in [0.2, 0.25) is 10.0 Å². The van der Waals surface area contributed by atoms with E-state index in [9.17, 15) is 13.7 Å². The average molecular weight is 391 g/mol. The summed E-state index contributed by atoms with van der Waals surface area (Å²) < 4.78 is 28.7. The molecule has 0 unspecified atom stereocenters. The van der Waals surface area contributed by atoms with Crippen LogP contribution in [-0.4, -0.2) is 18.7 Å². The Morgan fingerprint density at radius 1 is 0.964 bits per heavy atom. The number of benzene rings is 2. The zero-order valence-corrected chi connectivity index (χ0v) is 16.2. The van der Waals surface area contributed by atoms with Gasteiger partial charge in [0, 0.05) is 23.3 Å². The van der Waals surface area contributed by atoms with Crippen molar-refractivity contribution in [2.24, 2.45) is 0 Å². The summed E-state index contributed by atoms with van der Waals surface area (Å²) in [5.74, 6) is 0. The largest absolute Gasteiger partial charge is 0.283 e. The summed E-state index contributed by atoms with van der Waals surface area (Å²) in [6.45, 7) is 0. The lowest BCUT2D eigenvalue weighted by atomic mass is 9.95. The molecule has 1 saturated carbocycles. The predicted octanol–water partition coefficient (Wildman–Crippen LogP) is 4.85. The Hall–Kier alpha value is -2.91. The van der Waals surface area contributed by atoms with Gasteiger partial charge < -0.3 is 0 Å². The maximum atomic E-state index is 12.9. The highest BCUT2D eigenvalue weighted by molar-refractivity contribution is 7.93. The highest BCUT2D eigenvalue weighted by atomic mass is 32.2. The van der Waals surface area contributed by atoms with Crippen LogP contribution in [0.25, 0.3) is 21.9 Å². The molecule has 0 spiro atoms. The zero-order valence-electron chi connectivity index (χ0n) is 15.4. The van der Waals surface area contributed by atoms with Gasteiger partial charge in [-0.15, -0.1) is 0 Å². The molecule has 0 saturated heterocycles. The highest BCUT2D eigenvalue weighted by Gasteiger charge is 2.28. The third kappa shape index (κ3) is 3.46. The Morgan fingerprint density at radius 3 is 2.46 bits per heavy atom. The van der Waals surface area contributed by atoms with E-state index in [1.807, 2.05) is 30.3 Å². The van der Waals surface area contributed by atoms with Crippen LogP contribution < -0.4 is 4.72 Å². The maximum absolute atomic E-state index is 12.9. The lowest BCUT2D eigenvalue weighted by molar-refractivity contribution is 0.486. The summed E-state index contributed by atoms with van der Waals surface area (Å²) in [4.78, 5) is 4.21. The topological polar surface area (TPSA) is 82.8 Å². The quantitative estimate of drug-likeness (QED) is 0.689. The van der Waals surface area contributed by atoms with Crippen molar-refractivity contribution in [3.8, 4) is 17.2 Å². The van der Waals surface area contributed by atoms with Crippen molar-refractivity contribution >= 4 is 26.5 Å². The number of nitrogens with one attached hydrogen (secondary N) is 1. The molecule has 0 bridgehead atoms. The fraction of sp³-hybridized carbons (Fsp3) is 0.273. The maximum Gasteiger partial charge on any atom is 0.235 e. The number of pyridine rings is 1. The molecule has 142 valence electrons. The van der Waals surface area contributed by atoms with E-state index in [1.54, 1.807) is 24.5 Å². The fourth-order valence-electron chi connectivity index (χ4n) is 3.94. The smallest absolute Gasteiger partial charge is 0.235 e. The Bertz CT molecular complexity index is 1160. The van der Waals surface area contributed by atoms with Crippen LogP contribution in [0.3, 0.4) is 0 Å². The van der Waals surface area contributed by atoms with E-state index in [1.165, 1.54) is 0 Å². The molecule has 0 amide bonds. The van der Waals surface area contributed by atoms with Gasteiger partial charge in [0.05, 0.1) is 22.6 Å². The molecule has 1 aromatic heterocycles. The summed E-state index contributed by atoms with van der Waals surface area (Å²) >= 11 is 0. The molecule has 0 radical (unpaired) electrons. The zero-order chi connectivity index (χ0) is 19.6. The summed E-state index contributed by atoms with van der Waals surface area (Å²) in [6, 6.07) is 15.2. The molecule has 1 aliphatic rings. The fourth-order valence-corrected chi connectivity index (χ4v) is 5.55. The van der Waals surface area contributed by atoms with E-state index >= 15 is 0 Å². The summed E-state index contributed by atoms with van der Waals surface area (Å²) in [5, 5.41) is 10.8. The second kappa shape index (κ2) is 7.61. The first-order valence-electron chi connectivity index (χ1n) is 9.48. The lowest BCUT2D eigenvalue weighted by Gasteiger charge is -2.23.